The van der Waals surface area contributed by atoms with Crippen LogP contribution < -0.4 is 5.73 Å². The number of thioether (sulfide) groups is 1. The van der Waals surface area contributed by atoms with Crippen LogP contribution in [-0.2, 0) is 0 Å². The number of hydrogen-bond acceptors (Lipinski definition) is 2. The highest BCUT2D eigenvalue weighted by molar-refractivity contribution is 8.00. The number of nitrogen functional groups attached to an aromatic ring is 1. The molecule has 0 saturated heterocycles. The van der Waals surface area contributed by atoms with Crippen LogP contribution in [0.25, 0.3) is 0 Å². The molecule has 0 bridgehead atoms. The molecule has 1 aromatic rings. The average Bonchev–Trinajstić information content (AvgIpc) is 2.02. The highest BCUT2D eigenvalue weighted by Gasteiger charge is 2.22. The van der Waals surface area contributed by atoms with Crippen LogP contribution in [0.3, 0.4) is 0 Å². The van der Waals surface area contributed by atoms with Gasteiger partial charge in [-0.1, -0.05) is 0 Å². The highest BCUT2D eigenvalue weighted by Crippen LogP contribution is 2.24. The minimum absolute atomic E-state index is 0.557. The van der Waals surface area contributed by atoms with E-state index in [2.05, 4.69) is 0 Å². The van der Waals surface area contributed by atoms with Gasteiger partial charge in [0.2, 0.25) is 0 Å². The van der Waals surface area contributed by atoms with Crippen LogP contribution in [0.2, 0.25) is 0 Å². The van der Waals surface area contributed by atoms with E-state index in [-0.39, 0.29) is 0 Å². The Bertz CT molecular complexity index is 272. The van der Waals surface area contributed by atoms with Crippen molar-refractivity contribution in [1.29, 1.82) is 0 Å². The third-order valence-corrected chi connectivity index (χ3v) is 2.47. The lowest BCUT2D eigenvalue weighted by molar-refractivity contribution is 0.485. The lowest BCUT2D eigenvalue weighted by Gasteiger charge is -2.12. The molecule has 0 aliphatic carbocycles. The highest BCUT2D eigenvalue weighted by atomic mass is 32.2. The second-order valence-electron chi connectivity index (χ2n) is 2.59. The smallest absolute Gasteiger partial charge is 0.448 e. The van der Waals surface area contributed by atoms with Crippen LogP contribution in [0.5, 0.6) is 0 Å². The van der Waals surface area contributed by atoms with Gasteiger partial charge < -0.3 is 18.7 Å². The van der Waals surface area contributed by atoms with Crippen molar-refractivity contribution < 1.29 is 12.9 Å². The number of benzene rings is 1. The van der Waals surface area contributed by atoms with Crippen LogP contribution in [0.15, 0.2) is 29.2 Å². The Kier molecular flexibility index (Phi) is 3.14. The third-order valence-electron chi connectivity index (χ3n) is 1.32. The Balaban J connectivity index is 2.51. The molecular weight excluding hydrogens is 198 g/mol. The number of hydrogen-bond donors (Lipinski definition) is 1. The molecule has 6 heteroatoms. The van der Waals surface area contributed by atoms with Crippen molar-refractivity contribution in [1.82, 2.24) is 0 Å². The van der Waals surface area contributed by atoms with Crippen molar-refractivity contribution in [3.8, 4) is 0 Å². The first-order chi connectivity index (χ1) is 5.97. The number of rotatable bonds is 3. The molecule has 0 aromatic heterocycles. The standard InChI is InChI=1S/C7H8BF3NS/c9-8(10,11)5-13-7-3-1-6(12)2-4-7/h1-4H,5,12H2/q-1. The second-order valence-corrected chi connectivity index (χ2v) is 3.68. The molecular formula is C7H8BF3NS-. The predicted octanol–water partition coefficient (Wildman–Crippen LogP) is 2.75. The van der Waals surface area contributed by atoms with Crippen molar-refractivity contribution >= 4 is 24.4 Å². The maximum Gasteiger partial charge on any atom is 0.488 e. The maximum atomic E-state index is 11.8. The van der Waals surface area contributed by atoms with Gasteiger partial charge in [-0.2, -0.15) is 11.8 Å². The van der Waals surface area contributed by atoms with Crippen molar-refractivity contribution in [3.63, 3.8) is 0 Å². The zero-order chi connectivity index (χ0) is 9.90. The molecule has 0 aliphatic rings. The summed E-state index contributed by atoms with van der Waals surface area (Å²) in [5.74, 6) is 0. The Labute approximate surface area is 78.6 Å². The van der Waals surface area contributed by atoms with Crippen molar-refractivity contribution in [2.45, 2.75) is 4.90 Å². The van der Waals surface area contributed by atoms with Crippen molar-refractivity contribution in [3.05, 3.63) is 24.3 Å². The van der Waals surface area contributed by atoms with E-state index < -0.39 is 12.6 Å². The SMILES string of the molecule is Nc1ccc(SC[B-](F)(F)F)cc1. The van der Waals surface area contributed by atoms with Gasteiger partial charge >= 0.3 is 6.98 Å². The zero-order valence-electron chi connectivity index (χ0n) is 6.71. The molecule has 0 spiro atoms. The van der Waals surface area contributed by atoms with Gasteiger partial charge in [0.25, 0.3) is 0 Å². The van der Waals surface area contributed by atoms with Crippen LogP contribution in [-0.4, -0.2) is 12.6 Å². The monoisotopic (exact) mass is 206 g/mol. The first-order valence-electron chi connectivity index (χ1n) is 3.67. The van der Waals surface area contributed by atoms with Crippen LogP contribution in [0.4, 0.5) is 18.6 Å². The van der Waals surface area contributed by atoms with Crippen LogP contribution in [0.1, 0.15) is 0 Å². The Morgan fingerprint density at radius 2 is 1.69 bits per heavy atom. The molecule has 0 aliphatic heterocycles. The molecule has 0 radical (unpaired) electrons. The minimum Gasteiger partial charge on any atom is -0.448 e. The van der Waals surface area contributed by atoms with E-state index in [0.29, 0.717) is 10.6 Å². The lowest BCUT2D eigenvalue weighted by Crippen LogP contribution is -2.18. The van der Waals surface area contributed by atoms with Crippen molar-refractivity contribution in [2.24, 2.45) is 0 Å². The second kappa shape index (κ2) is 3.96. The number of anilines is 1. The molecule has 0 atom stereocenters. The summed E-state index contributed by atoms with van der Waals surface area (Å²) in [4.78, 5) is 0.591. The minimum atomic E-state index is -4.71. The van der Waals surface area contributed by atoms with E-state index in [0.717, 1.165) is 11.8 Å². The molecule has 13 heavy (non-hydrogen) atoms. The lowest BCUT2D eigenvalue weighted by atomic mass is 9.98. The molecule has 2 N–H and O–H groups in total. The van der Waals surface area contributed by atoms with Gasteiger partial charge in [-0.05, 0) is 29.9 Å². The normalized spacial score (nSPS) is 11.6. The Hall–Kier alpha value is -0.775. The molecule has 1 rings (SSSR count). The molecule has 1 nitrogen and oxygen atoms in total. The van der Waals surface area contributed by atoms with Gasteiger partial charge in [0.15, 0.2) is 0 Å². The Morgan fingerprint density at radius 1 is 1.15 bits per heavy atom. The summed E-state index contributed by atoms with van der Waals surface area (Å²) in [7, 11) is 0. The van der Waals surface area contributed by atoms with Gasteiger partial charge in [-0.25, -0.2) is 0 Å². The van der Waals surface area contributed by atoms with Gasteiger partial charge in [0.05, 0.1) is 0 Å². The molecule has 0 unspecified atom stereocenters. The van der Waals surface area contributed by atoms with Gasteiger partial charge in [0, 0.05) is 10.6 Å². The van der Waals surface area contributed by atoms with E-state index in [1.807, 2.05) is 0 Å². The molecule has 72 valence electrons. The zero-order valence-corrected chi connectivity index (χ0v) is 7.53. The topological polar surface area (TPSA) is 26.0 Å². The fourth-order valence-electron chi connectivity index (χ4n) is 0.755. The van der Waals surface area contributed by atoms with E-state index in [9.17, 15) is 12.9 Å². The van der Waals surface area contributed by atoms with Crippen LogP contribution >= 0.6 is 11.8 Å². The van der Waals surface area contributed by atoms with Gasteiger partial charge in [-0.15, -0.1) is 0 Å². The van der Waals surface area contributed by atoms with Gasteiger partial charge in [0.1, 0.15) is 0 Å². The van der Waals surface area contributed by atoms with Crippen molar-refractivity contribution in [2.75, 3.05) is 11.4 Å². The summed E-state index contributed by atoms with van der Waals surface area (Å²) in [6, 6.07) is 6.35. The molecule has 0 amide bonds. The van der Waals surface area contributed by atoms with Gasteiger partial charge in [-0.3, -0.25) is 0 Å². The fourth-order valence-corrected chi connectivity index (χ4v) is 1.46. The first-order valence-corrected chi connectivity index (χ1v) is 4.65. The summed E-state index contributed by atoms with van der Waals surface area (Å²) in [6.07, 6.45) is 0. The van der Waals surface area contributed by atoms with E-state index in [1.54, 1.807) is 24.3 Å². The number of halogens is 3. The summed E-state index contributed by atoms with van der Waals surface area (Å²) in [5, 5.41) is 0. The Morgan fingerprint density at radius 3 is 2.15 bits per heavy atom. The molecule has 0 heterocycles. The quantitative estimate of drug-likeness (QED) is 0.467. The molecule has 1 aromatic carbocycles. The largest absolute Gasteiger partial charge is 0.488 e. The van der Waals surface area contributed by atoms with E-state index in [4.69, 9.17) is 5.73 Å². The summed E-state index contributed by atoms with van der Waals surface area (Å²) < 4.78 is 35.5. The number of nitrogens with two attached hydrogens (primary N) is 1. The van der Waals surface area contributed by atoms with Crippen LogP contribution in [0, 0.1) is 0 Å². The fraction of sp³-hybridized carbons (Fsp3) is 0.143. The molecule has 0 saturated carbocycles. The predicted molar refractivity (Wildman–Crippen MR) is 50.7 cm³/mol. The van der Waals surface area contributed by atoms with E-state index >= 15 is 0 Å². The third kappa shape index (κ3) is 4.12. The average molecular weight is 206 g/mol. The summed E-state index contributed by atoms with van der Waals surface area (Å²) in [6.45, 7) is -4.71. The van der Waals surface area contributed by atoms with E-state index in [1.165, 1.54) is 0 Å². The maximum absolute atomic E-state index is 11.8. The summed E-state index contributed by atoms with van der Waals surface area (Å²) in [5.41, 5.74) is 5.14. The first kappa shape index (κ1) is 10.3. The summed E-state index contributed by atoms with van der Waals surface area (Å²) >= 11 is 0.783. The molecule has 0 fully saturated rings.